The molecule has 78 valence electrons. The van der Waals surface area contributed by atoms with E-state index in [4.69, 9.17) is 0 Å². The second-order valence-electron chi connectivity index (χ2n) is 3.34. The fraction of sp³-hybridized carbons (Fsp3) is 0.200. The number of amides is 2. The summed E-state index contributed by atoms with van der Waals surface area (Å²) in [5.41, 5.74) is 0.966. The maximum absolute atomic E-state index is 11.8. The largest absolute Gasteiger partial charge is 0.272 e. The Hall–Kier alpha value is -1.33. The first kappa shape index (κ1) is 10.2. The number of imide groups is 1. The fourth-order valence-corrected chi connectivity index (χ4v) is 2.08. The highest BCUT2D eigenvalue weighted by Gasteiger charge is 2.36. The quantitative estimate of drug-likeness (QED) is 0.560. The standard InChI is InChI=1S/C10H10N2O2S/c1-11(2)15-12-9(13)7-5-3-4-6-8(7)10(12)14/h3-6H,1-2H3. The monoisotopic (exact) mass is 222 g/mol. The van der Waals surface area contributed by atoms with E-state index < -0.39 is 0 Å². The molecule has 0 fully saturated rings. The number of benzene rings is 1. The molecule has 1 aromatic rings. The van der Waals surface area contributed by atoms with Gasteiger partial charge in [-0.15, -0.1) is 0 Å². The molecule has 0 unspecified atom stereocenters. The van der Waals surface area contributed by atoms with Crippen LogP contribution in [-0.2, 0) is 0 Å². The minimum absolute atomic E-state index is 0.241. The Morgan fingerprint density at radius 1 is 1.07 bits per heavy atom. The Labute approximate surface area is 92.1 Å². The van der Waals surface area contributed by atoms with Crippen molar-refractivity contribution in [2.24, 2.45) is 0 Å². The summed E-state index contributed by atoms with van der Waals surface area (Å²) in [6.07, 6.45) is 0. The highest BCUT2D eigenvalue weighted by atomic mass is 32.2. The van der Waals surface area contributed by atoms with E-state index in [-0.39, 0.29) is 11.8 Å². The number of hydrogen-bond donors (Lipinski definition) is 0. The molecule has 1 aromatic carbocycles. The third kappa shape index (κ3) is 1.64. The van der Waals surface area contributed by atoms with Crippen molar-refractivity contribution in [2.45, 2.75) is 0 Å². The van der Waals surface area contributed by atoms with Gasteiger partial charge in [0.25, 0.3) is 11.8 Å². The van der Waals surface area contributed by atoms with Crippen LogP contribution in [0.15, 0.2) is 24.3 Å². The molecule has 0 saturated carbocycles. The van der Waals surface area contributed by atoms with Gasteiger partial charge in [-0.2, -0.15) is 0 Å². The molecule has 5 heteroatoms. The summed E-state index contributed by atoms with van der Waals surface area (Å²) in [6.45, 7) is 0. The molecular formula is C10H10N2O2S. The second-order valence-corrected chi connectivity index (χ2v) is 4.60. The highest BCUT2D eigenvalue weighted by molar-refractivity contribution is 7.95. The lowest BCUT2D eigenvalue weighted by atomic mass is 10.1. The molecule has 4 nitrogen and oxygen atoms in total. The van der Waals surface area contributed by atoms with E-state index in [0.717, 1.165) is 12.1 Å². The third-order valence-electron chi connectivity index (χ3n) is 2.00. The van der Waals surface area contributed by atoms with E-state index in [0.29, 0.717) is 11.1 Å². The molecular weight excluding hydrogens is 212 g/mol. The van der Waals surface area contributed by atoms with Crippen molar-refractivity contribution >= 4 is 23.9 Å². The van der Waals surface area contributed by atoms with Gasteiger partial charge in [0.15, 0.2) is 0 Å². The van der Waals surface area contributed by atoms with Crippen LogP contribution in [0.4, 0.5) is 0 Å². The Bertz CT molecular complexity index is 396. The molecule has 0 aliphatic carbocycles. The first-order chi connectivity index (χ1) is 7.11. The van der Waals surface area contributed by atoms with Gasteiger partial charge in [-0.3, -0.25) is 9.59 Å². The molecule has 0 radical (unpaired) electrons. The van der Waals surface area contributed by atoms with E-state index in [2.05, 4.69) is 0 Å². The zero-order valence-corrected chi connectivity index (χ0v) is 9.25. The average Bonchev–Trinajstić information content (AvgIpc) is 2.44. The van der Waals surface area contributed by atoms with Crippen LogP contribution in [0.1, 0.15) is 20.7 Å². The smallest absolute Gasteiger partial charge is 0.268 e. The van der Waals surface area contributed by atoms with Gasteiger partial charge in [-0.25, -0.2) is 8.61 Å². The van der Waals surface area contributed by atoms with Gasteiger partial charge in [0, 0.05) is 12.1 Å². The summed E-state index contributed by atoms with van der Waals surface area (Å²) < 4.78 is 2.88. The summed E-state index contributed by atoms with van der Waals surface area (Å²) in [5.74, 6) is -0.483. The molecule has 0 N–H and O–H groups in total. The fourth-order valence-electron chi connectivity index (χ4n) is 1.40. The van der Waals surface area contributed by atoms with Crippen molar-refractivity contribution in [1.82, 2.24) is 8.61 Å². The first-order valence-corrected chi connectivity index (χ1v) is 5.17. The maximum atomic E-state index is 11.8. The van der Waals surface area contributed by atoms with E-state index in [1.165, 1.54) is 4.31 Å². The summed E-state index contributed by atoms with van der Waals surface area (Å²) in [5, 5.41) is 0. The molecule has 1 heterocycles. The normalized spacial score (nSPS) is 15.0. The Kier molecular flexibility index (Phi) is 2.50. The SMILES string of the molecule is CN(C)SN1C(=O)c2ccccc2C1=O. The summed E-state index contributed by atoms with van der Waals surface area (Å²) in [7, 11) is 3.57. The van der Waals surface area contributed by atoms with Crippen LogP contribution in [0.5, 0.6) is 0 Å². The molecule has 15 heavy (non-hydrogen) atoms. The number of carbonyl (C=O) groups excluding carboxylic acids is 2. The Balaban J connectivity index is 2.37. The zero-order chi connectivity index (χ0) is 11.0. The molecule has 1 aliphatic rings. The Morgan fingerprint density at radius 3 is 1.93 bits per heavy atom. The van der Waals surface area contributed by atoms with E-state index in [9.17, 15) is 9.59 Å². The van der Waals surface area contributed by atoms with Crippen LogP contribution in [-0.4, -0.2) is 34.5 Å². The third-order valence-corrected chi connectivity index (χ3v) is 2.82. The lowest BCUT2D eigenvalue weighted by Gasteiger charge is -2.15. The van der Waals surface area contributed by atoms with Gasteiger partial charge in [-0.05, 0) is 26.2 Å². The van der Waals surface area contributed by atoms with E-state index in [1.807, 2.05) is 0 Å². The highest BCUT2D eigenvalue weighted by Crippen LogP contribution is 2.28. The van der Waals surface area contributed by atoms with Crippen molar-refractivity contribution in [3.63, 3.8) is 0 Å². The average molecular weight is 222 g/mol. The van der Waals surface area contributed by atoms with Crippen molar-refractivity contribution in [3.8, 4) is 0 Å². The Morgan fingerprint density at radius 2 is 1.53 bits per heavy atom. The minimum atomic E-state index is -0.241. The number of hydrogen-bond acceptors (Lipinski definition) is 4. The minimum Gasteiger partial charge on any atom is -0.268 e. The molecule has 0 atom stereocenters. The van der Waals surface area contributed by atoms with Crippen LogP contribution in [0.3, 0.4) is 0 Å². The van der Waals surface area contributed by atoms with E-state index >= 15 is 0 Å². The topological polar surface area (TPSA) is 40.6 Å². The maximum Gasteiger partial charge on any atom is 0.272 e. The molecule has 0 saturated heterocycles. The predicted molar refractivity (Wildman–Crippen MR) is 58.2 cm³/mol. The number of fused-ring (bicyclic) bond motifs is 1. The number of nitrogens with zero attached hydrogens (tertiary/aromatic N) is 2. The van der Waals surface area contributed by atoms with Gasteiger partial charge in [0.05, 0.1) is 11.1 Å². The van der Waals surface area contributed by atoms with Gasteiger partial charge < -0.3 is 0 Å². The van der Waals surface area contributed by atoms with Crippen molar-refractivity contribution in [2.75, 3.05) is 14.1 Å². The molecule has 2 amide bonds. The molecule has 1 aliphatic heterocycles. The van der Waals surface area contributed by atoms with Crippen molar-refractivity contribution in [3.05, 3.63) is 35.4 Å². The van der Waals surface area contributed by atoms with E-state index in [1.54, 1.807) is 42.7 Å². The van der Waals surface area contributed by atoms with Crippen LogP contribution < -0.4 is 0 Å². The summed E-state index contributed by atoms with van der Waals surface area (Å²) in [6, 6.07) is 6.86. The van der Waals surface area contributed by atoms with Crippen LogP contribution in [0.2, 0.25) is 0 Å². The first-order valence-electron chi connectivity index (χ1n) is 4.44. The van der Waals surface area contributed by atoms with Gasteiger partial charge in [-0.1, -0.05) is 12.1 Å². The second kappa shape index (κ2) is 3.67. The summed E-state index contributed by atoms with van der Waals surface area (Å²) in [4.78, 5) is 23.6. The lowest BCUT2D eigenvalue weighted by Crippen LogP contribution is -2.26. The molecule has 0 aromatic heterocycles. The molecule has 2 rings (SSSR count). The van der Waals surface area contributed by atoms with Crippen molar-refractivity contribution < 1.29 is 9.59 Å². The predicted octanol–water partition coefficient (Wildman–Crippen LogP) is 1.41. The summed E-state index contributed by atoms with van der Waals surface area (Å²) >= 11 is 1.10. The number of rotatable bonds is 2. The van der Waals surface area contributed by atoms with Crippen LogP contribution in [0, 0.1) is 0 Å². The molecule has 0 bridgehead atoms. The van der Waals surface area contributed by atoms with Crippen molar-refractivity contribution in [1.29, 1.82) is 0 Å². The zero-order valence-electron chi connectivity index (χ0n) is 8.43. The molecule has 0 spiro atoms. The van der Waals surface area contributed by atoms with Gasteiger partial charge in [0.2, 0.25) is 0 Å². The lowest BCUT2D eigenvalue weighted by molar-refractivity contribution is 0.0773. The number of carbonyl (C=O) groups is 2. The van der Waals surface area contributed by atoms with Gasteiger partial charge >= 0.3 is 0 Å². The van der Waals surface area contributed by atoms with Gasteiger partial charge in [0.1, 0.15) is 0 Å². The van der Waals surface area contributed by atoms with Crippen LogP contribution in [0.25, 0.3) is 0 Å². The van der Waals surface area contributed by atoms with Crippen LogP contribution >= 0.6 is 12.1 Å².